The van der Waals surface area contributed by atoms with Crippen molar-refractivity contribution in [3.8, 4) is 0 Å². The third-order valence-electron chi connectivity index (χ3n) is 1.76. The number of hydrogen-bond donors (Lipinski definition) is 0. The van der Waals surface area contributed by atoms with Crippen LogP contribution in [-0.4, -0.2) is 6.29 Å². The van der Waals surface area contributed by atoms with Crippen LogP contribution in [0.1, 0.15) is 33.1 Å². The summed E-state index contributed by atoms with van der Waals surface area (Å²) >= 11 is 0. The highest BCUT2D eigenvalue weighted by Crippen LogP contribution is 2.09. The third kappa shape index (κ3) is 7.26. The van der Waals surface area contributed by atoms with Gasteiger partial charge in [0.2, 0.25) is 0 Å². The monoisotopic (exact) mass is 166 g/mol. The first-order valence-electron chi connectivity index (χ1n) is 4.52. The molecule has 0 bridgehead atoms. The molecule has 1 unspecified atom stereocenters. The maximum atomic E-state index is 10.1. The number of carbonyl (C=O) groups excluding carboxylic acids is 1. The molecule has 0 aromatic carbocycles. The van der Waals surface area contributed by atoms with E-state index in [1.54, 1.807) is 0 Å². The first kappa shape index (κ1) is 11.2. The molecule has 0 aromatic rings. The van der Waals surface area contributed by atoms with E-state index in [2.05, 4.69) is 19.1 Å². The Balaban J connectivity index is 3.41. The number of aldehydes is 1. The van der Waals surface area contributed by atoms with Gasteiger partial charge in [0.25, 0.3) is 0 Å². The number of allylic oxidation sites excluding steroid dienone is 4. The minimum atomic E-state index is 0.622. The Hall–Kier alpha value is -0.850. The van der Waals surface area contributed by atoms with Gasteiger partial charge in [-0.2, -0.15) is 0 Å². The molecule has 1 nitrogen and oxygen atoms in total. The highest BCUT2D eigenvalue weighted by Gasteiger charge is 1.97. The van der Waals surface area contributed by atoms with Crippen molar-refractivity contribution >= 4 is 6.29 Å². The lowest BCUT2D eigenvalue weighted by molar-refractivity contribution is -0.108. The predicted molar refractivity (Wildman–Crippen MR) is 53.0 cm³/mol. The van der Waals surface area contributed by atoms with Gasteiger partial charge in [-0.1, -0.05) is 31.2 Å². The van der Waals surface area contributed by atoms with E-state index in [0.717, 1.165) is 19.1 Å². The van der Waals surface area contributed by atoms with Gasteiger partial charge < -0.3 is 4.79 Å². The van der Waals surface area contributed by atoms with E-state index in [9.17, 15) is 4.79 Å². The molecule has 0 amide bonds. The summed E-state index contributed by atoms with van der Waals surface area (Å²) in [5.41, 5.74) is 0. The van der Waals surface area contributed by atoms with Crippen molar-refractivity contribution < 1.29 is 4.79 Å². The maximum absolute atomic E-state index is 10.1. The Morgan fingerprint density at radius 2 is 2.08 bits per heavy atom. The van der Waals surface area contributed by atoms with Crippen molar-refractivity contribution in [3.63, 3.8) is 0 Å². The van der Waals surface area contributed by atoms with Crippen molar-refractivity contribution in [2.45, 2.75) is 33.1 Å². The Morgan fingerprint density at radius 3 is 2.67 bits per heavy atom. The number of carbonyl (C=O) groups is 1. The third-order valence-corrected chi connectivity index (χ3v) is 1.76. The van der Waals surface area contributed by atoms with Gasteiger partial charge in [-0.05, 0) is 25.7 Å². The molecule has 0 saturated carbocycles. The van der Waals surface area contributed by atoms with Gasteiger partial charge in [0.05, 0.1) is 0 Å². The van der Waals surface area contributed by atoms with E-state index in [-0.39, 0.29) is 0 Å². The number of rotatable bonds is 6. The van der Waals surface area contributed by atoms with Crippen LogP contribution in [0, 0.1) is 5.92 Å². The lowest BCUT2D eigenvalue weighted by atomic mass is 10.0. The molecule has 0 aliphatic heterocycles. The molecule has 0 radical (unpaired) electrons. The van der Waals surface area contributed by atoms with Gasteiger partial charge in [-0.15, -0.1) is 0 Å². The van der Waals surface area contributed by atoms with Crippen LogP contribution in [0.2, 0.25) is 0 Å². The van der Waals surface area contributed by atoms with Crippen molar-refractivity contribution in [1.29, 1.82) is 0 Å². The van der Waals surface area contributed by atoms with Crippen LogP contribution in [0.3, 0.4) is 0 Å². The van der Waals surface area contributed by atoms with Crippen LogP contribution in [0.5, 0.6) is 0 Å². The minimum absolute atomic E-state index is 0.622. The van der Waals surface area contributed by atoms with Gasteiger partial charge in [-0.3, -0.25) is 0 Å². The van der Waals surface area contributed by atoms with E-state index in [1.165, 1.54) is 0 Å². The summed E-state index contributed by atoms with van der Waals surface area (Å²) in [5, 5.41) is 0. The topological polar surface area (TPSA) is 17.1 Å². The summed E-state index contributed by atoms with van der Waals surface area (Å²) < 4.78 is 0. The fourth-order valence-corrected chi connectivity index (χ4v) is 0.971. The molecule has 12 heavy (non-hydrogen) atoms. The molecular weight excluding hydrogens is 148 g/mol. The zero-order valence-electron chi connectivity index (χ0n) is 7.99. The first-order valence-corrected chi connectivity index (χ1v) is 4.52. The summed E-state index contributed by atoms with van der Waals surface area (Å²) in [6.07, 6.45) is 12.0. The molecule has 1 heteroatoms. The molecular formula is C11H18O. The molecule has 0 heterocycles. The van der Waals surface area contributed by atoms with Crippen molar-refractivity contribution in [2.75, 3.05) is 0 Å². The lowest BCUT2D eigenvalue weighted by Crippen LogP contribution is -1.92. The molecule has 0 aliphatic rings. The summed E-state index contributed by atoms with van der Waals surface area (Å²) in [5.74, 6) is 0.622. The second-order valence-corrected chi connectivity index (χ2v) is 3.04. The molecule has 1 atom stereocenters. The van der Waals surface area contributed by atoms with Crippen molar-refractivity contribution in [2.24, 2.45) is 5.92 Å². The molecule has 0 spiro atoms. The van der Waals surface area contributed by atoms with E-state index in [0.29, 0.717) is 12.3 Å². The molecule has 68 valence electrons. The lowest BCUT2D eigenvalue weighted by Gasteiger charge is -2.03. The zero-order valence-corrected chi connectivity index (χ0v) is 7.99. The van der Waals surface area contributed by atoms with Crippen LogP contribution in [0.25, 0.3) is 0 Å². The van der Waals surface area contributed by atoms with Crippen molar-refractivity contribution in [1.82, 2.24) is 0 Å². The molecule has 0 aromatic heterocycles. The largest absolute Gasteiger partial charge is 0.303 e. The highest BCUT2D eigenvalue weighted by atomic mass is 16.1. The van der Waals surface area contributed by atoms with E-state index in [1.807, 2.05) is 19.1 Å². The highest BCUT2D eigenvalue weighted by molar-refractivity contribution is 5.49. The molecule has 0 fully saturated rings. The van der Waals surface area contributed by atoms with Crippen LogP contribution in [-0.2, 0) is 4.79 Å². The van der Waals surface area contributed by atoms with Gasteiger partial charge in [0.15, 0.2) is 0 Å². The Labute approximate surface area is 75.2 Å². The smallest absolute Gasteiger partial charge is 0.120 e. The maximum Gasteiger partial charge on any atom is 0.120 e. The average Bonchev–Trinajstić information content (AvgIpc) is 2.09. The van der Waals surface area contributed by atoms with Gasteiger partial charge >= 0.3 is 0 Å². The number of hydrogen-bond acceptors (Lipinski definition) is 1. The van der Waals surface area contributed by atoms with Crippen LogP contribution in [0.15, 0.2) is 24.3 Å². The molecule has 0 saturated heterocycles. The SMILES string of the molecule is CC=CC=CCC(C)CCC=O. The molecule has 0 N–H and O–H groups in total. The molecule has 0 rings (SSSR count). The van der Waals surface area contributed by atoms with Crippen LogP contribution in [0.4, 0.5) is 0 Å². The second kappa shape index (κ2) is 8.25. The van der Waals surface area contributed by atoms with Crippen molar-refractivity contribution in [3.05, 3.63) is 24.3 Å². The quantitative estimate of drug-likeness (QED) is 0.437. The minimum Gasteiger partial charge on any atom is -0.303 e. The standard InChI is InChI=1S/C11H18O/c1-3-4-5-6-8-11(2)9-7-10-12/h3-6,10-11H,7-9H2,1-2H3. The zero-order chi connectivity index (χ0) is 9.23. The van der Waals surface area contributed by atoms with E-state index >= 15 is 0 Å². The van der Waals surface area contributed by atoms with Gasteiger partial charge in [0, 0.05) is 6.42 Å². The van der Waals surface area contributed by atoms with Crippen LogP contribution >= 0.6 is 0 Å². The fourth-order valence-electron chi connectivity index (χ4n) is 0.971. The summed E-state index contributed by atoms with van der Waals surface area (Å²) in [4.78, 5) is 10.1. The van der Waals surface area contributed by atoms with Crippen LogP contribution < -0.4 is 0 Å². The second-order valence-electron chi connectivity index (χ2n) is 3.04. The summed E-state index contributed by atoms with van der Waals surface area (Å²) in [6, 6.07) is 0. The average molecular weight is 166 g/mol. The Bertz CT molecular complexity index is 156. The Kier molecular flexibility index (Phi) is 7.66. The molecule has 0 aliphatic carbocycles. The summed E-state index contributed by atoms with van der Waals surface area (Å²) in [7, 11) is 0. The van der Waals surface area contributed by atoms with E-state index in [4.69, 9.17) is 0 Å². The summed E-state index contributed by atoms with van der Waals surface area (Å²) in [6.45, 7) is 4.17. The fraction of sp³-hybridized carbons (Fsp3) is 0.545. The van der Waals surface area contributed by atoms with Gasteiger partial charge in [0.1, 0.15) is 6.29 Å². The Morgan fingerprint density at radius 1 is 1.33 bits per heavy atom. The van der Waals surface area contributed by atoms with Gasteiger partial charge in [-0.25, -0.2) is 0 Å². The predicted octanol–water partition coefficient (Wildman–Crippen LogP) is 3.12. The first-order chi connectivity index (χ1) is 5.81. The van der Waals surface area contributed by atoms with E-state index < -0.39 is 0 Å². The normalized spacial score (nSPS) is 14.2.